The molecule has 0 amide bonds. The summed E-state index contributed by atoms with van der Waals surface area (Å²) < 4.78 is 10.0. The Hall–Kier alpha value is -1.29. The van der Waals surface area contributed by atoms with Crippen LogP contribution in [0.1, 0.15) is 49.2 Å². The van der Waals surface area contributed by atoms with Crippen molar-refractivity contribution in [3.63, 3.8) is 0 Å². The van der Waals surface area contributed by atoms with Crippen molar-refractivity contribution in [1.82, 2.24) is 5.32 Å². The second-order valence-electron chi connectivity index (χ2n) is 5.79. The molecule has 1 aromatic rings. The first-order valence-electron chi connectivity index (χ1n) is 6.97. The third kappa shape index (κ3) is 3.83. The minimum Gasteiger partial charge on any atom is -0.467 e. The van der Waals surface area contributed by atoms with Crippen molar-refractivity contribution in [2.45, 2.75) is 45.7 Å². The highest BCUT2D eigenvalue weighted by Crippen LogP contribution is 2.28. The van der Waals surface area contributed by atoms with Crippen LogP contribution in [0.5, 0.6) is 0 Å². The quantitative estimate of drug-likeness (QED) is 0.850. The van der Waals surface area contributed by atoms with E-state index in [-0.39, 0.29) is 5.97 Å². The smallest absolute Gasteiger partial charge is 0.341 e. The van der Waals surface area contributed by atoms with Gasteiger partial charge < -0.3 is 14.5 Å². The van der Waals surface area contributed by atoms with E-state index < -0.39 is 0 Å². The van der Waals surface area contributed by atoms with Crippen molar-refractivity contribution in [3.8, 4) is 0 Å². The molecule has 1 fully saturated rings. The fourth-order valence-electron chi connectivity index (χ4n) is 3.06. The number of carbonyl (C=O) groups excluding carboxylic acids is 1. The fourth-order valence-corrected chi connectivity index (χ4v) is 3.06. The van der Waals surface area contributed by atoms with Gasteiger partial charge in [0.05, 0.1) is 19.2 Å². The van der Waals surface area contributed by atoms with Gasteiger partial charge in [0.2, 0.25) is 0 Å². The molecule has 19 heavy (non-hydrogen) atoms. The van der Waals surface area contributed by atoms with Crippen molar-refractivity contribution in [3.05, 3.63) is 23.7 Å². The monoisotopic (exact) mass is 265 g/mol. The Morgan fingerprint density at radius 1 is 1.37 bits per heavy atom. The average molecular weight is 265 g/mol. The highest BCUT2D eigenvalue weighted by molar-refractivity contribution is 5.88. The lowest BCUT2D eigenvalue weighted by Crippen LogP contribution is -2.35. The maximum absolute atomic E-state index is 11.3. The average Bonchev–Trinajstić information content (AvgIpc) is 2.83. The lowest BCUT2D eigenvalue weighted by Gasteiger charge is -2.31. The van der Waals surface area contributed by atoms with E-state index in [2.05, 4.69) is 23.9 Å². The van der Waals surface area contributed by atoms with Crippen LogP contribution in [0.25, 0.3) is 0 Å². The van der Waals surface area contributed by atoms with Crippen LogP contribution >= 0.6 is 0 Å². The Labute approximate surface area is 114 Å². The summed E-state index contributed by atoms with van der Waals surface area (Å²) in [5.41, 5.74) is 0.477. The van der Waals surface area contributed by atoms with Gasteiger partial charge in [-0.25, -0.2) is 4.79 Å². The van der Waals surface area contributed by atoms with E-state index in [1.165, 1.54) is 32.6 Å². The van der Waals surface area contributed by atoms with Crippen LogP contribution in [0.4, 0.5) is 0 Å². The standard InChI is InChI=1S/C15H23NO3/c1-10-4-11(2)6-13(5-10)16-8-14-7-12(9-19-14)15(17)18-3/h7,9-11,13,16H,4-6,8H2,1-3H3. The summed E-state index contributed by atoms with van der Waals surface area (Å²) in [6, 6.07) is 2.29. The van der Waals surface area contributed by atoms with Crippen LogP contribution < -0.4 is 5.32 Å². The maximum atomic E-state index is 11.3. The molecule has 0 saturated heterocycles. The predicted molar refractivity (Wildman–Crippen MR) is 72.9 cm³/mol. The summed E-state index contributed by atoms with van der Waals surface area (Å²) in [6.45, 7) is 5.29. The van der Waals surface area contributed by atoms with Crippen molar-refractivity contribution in [2.24, 2.45) is 11.8 Å². The highest BCUT2D eigenvalue weighted by atomic mass is 16.5. The largest absolute Gasteiger partial charge is 0.467 e. The fraction of sp³-hybridized carbons (Fsp3) is 0.667. The van der Waals surface area contributed by atoms with Crippen molar-refractivity contribution >= 4 is 5.97 Å². The first kappa shape index (κ1) is 14.1. The van der Waals surface area contributed by atoms with Gasteiger partial charge in [-0.2, -0.15) is 0 Å². The van der Waals surface area contributed by atoms with E-state index >= 15 is 0 Å². The number of carbonyl (C=O) groups is 1. The van der Waals surface area contributed by atoms with Crippen LogP contribution in [-0.2, 0) is 11.3 Å². The van der Waals surface area contributed by atoms with Crippen LogP contribution in [0.15, 0.2) is 16.7 Å². The second-order valence-corrected chi connectivity index (χ2v) is 5.79. The molecule has 1 heterocycles. The molecule has 0 spiro atoms. The molecule has 1 aliphatic carbocycles. The van der Waals surface area contributed by atoms with Gasteiger partial charge in [0.15, 0.2) is 0 Å². The molecule has 1 N–H and O–H groups in total. The Morgan fingerprint density at radius 2 is 2.05 bits per heavy atom. The van der Waals surface area contributed by atoms with Gasteiger partial charge in [0, 0.05) is 6.04 Å². The zero-order chi connectivity index (χ0) is 13.8. The SMILES string of the molecule is COC(=O)c1coc(CNC2CC(C)CC(C)C2)c1. The predicted octanol–water partition coefficient (Wildman–Crippen LogP) is 2.98. The van der Waals surface area contributed by atoms with Gasteiger partial charge in [-0.3, -0.25) is 0 Å². The molecule has 2 rings (SSSR count). The lowest BCUT2D eigenvalue weighted by atomic mass is 9.80. The molecule has 106 valence electrons. The summed E-state index contributed by atoms with van der Waals surface area (Å²) in [5.74, 6) is 1.99. The Bertz CT molecular complexity index is 417. The molecule has 0 aliphatic heterocycles. The number of rotatable bonds is 4. The molecule has 0 aromatic carbocycles. The third-order valence-corrected chi connectivity index (χ3v) is 3.82. The number of esters is 1. The van der Waals surface area contributed by atoms with Crippen molar-refractivity contribution in [2.75, 3.05) is 7.11 Å². The normalized spacial score (nSPS) is 27.2. The third-order valence-electron chi connectivity index (χ3n) is 3.82. The molecule has 4 nitrogen and oxygen atoms in total. The number of methoxy groups -OCH3 is 1. The van der Waals surface area contributed by atoms with E-state index in [0.717, 1.165) is 17.6 Å². The van der Waals surface area contributed by atoms with Gasteiger partial charge >= 0.3 is 5.97 Å². The highest BCUT2D eigenvalue weighted by Gasteiger charge is 2.23. The summed E-state index contributed by atoms with van der Waals surface area (Å²) in [5, 5.41) is 3.52. The number of hydrogen-bond acceptors (Lipinski definition) is 4. The number of furan rings is 1. The number of ether oxygens (including phenoxy) is 1. The molecule has 0 radical (unpaired) electrons. The van der Waals surface area contributed by atoms with Gasteiger partial charge in [-0.1, -0.05) is 13.8 Å². The topological polar surface area (TPSA) is 51.5 Å². The van der Waals surface area contributed by atoms with Gasteiger partial charge in [0.1, 0.15) is 12.0 Å². The van der Waals surface area contributed by atoms with Crippen LogP contribution in [0.2, 0.25) is 0 Å². The van der Waals surface area contributed by atoms with E-state index in [9.17, 15) is 4.79 Å². The van der Waals surface area contributed by atoms with E-state index in [4.69, 9.17) is 4.42 Å². The molecular weight excluding hydrogens is 242 g/mol. The Balaban J connectivity index is 1.85. The Kier molecular flexibility index (Phi) is 4.64. The molecule has 1 aromatic heterocycles. The van der Waals surface area contributed by atoms with Crippen LogP contribution in [0.3, 0.4) is 0 Å². The molecule has 0 bridgehead atoms. The van der Waals surface area contributed by atoms with E-state index in [1.807, 2.05) is 0 Å². The molecular formula is C15H23NO3. The van der Waals surface area contributed by atoms with Gasteiger partial charge in [-0.15, -0.1) is 0 Å². The second kappa shape index (κ2) is 6.24. The zero-order valence-corrected chi connectivity index (χ0v) is 11.9. The first-order chi connectivity index (χ1) is 9.08. The van der Waals surface area contributed by atoms with Crippen LogP contribution in [-0.4, -0.2) is 19.1 Å². The molecule has 1 aliphatic rings. The Morgan fingerprint density at radius 3 is 2.68 bits per heavy atom. The molecule has 1 saturated carbocycles. The van der Waals surface area contributed by atoms with Crippen molar-refractivity contribution in [1.29, 1.82) is 0 Å². The molecule has 2 atom stereocenters. The maximum Gasteiger partial charge on any atom is 0.341 e. The minimum atomic E-state index is -0.352. The van der Waals surface area contributed by atoms with Crippen LogP contribution in [0, 0.1) is 11.8 Å². The number of hydrogen-bond donors (Lipinski definition) is 1. The summed E-state index contributed by atoms with van der Waals surface area (Å²) in [7, 11) is 1.37. The number of nitrogens with one attached hydrogen (secondary N) is 1. The minimum absolute atomic E-state index is 0.352. The zero-order valence-electron chi connectivity index (χ0n) is 11.9. The lowest BCUT2D eigenvalue weighted by molar-refractivity contribution is 0.0600. The van der Waals surface area contributed by atoms with Gasteiger partial charge in [0.25, 0.3) is 0 Å². The van der Waals surface area contributed by atoms with Crippen molar-refractivity contribution < 1.29 is 13.9 Å². The molecule has 2 unspecified atom stereocenters. The summed E-state index contributed by atoms with van der Waals surface area (Å²) >= 11 is 0. The first-order valence-corrected chi connectivity index (χ1v) is 6.97. The summed E-state index contributed by atoms with van der Waals surface area (Å²) in [6.07, 6.45) is 5.21. The van der Waals surface area contributed by atoms with E-state index in [1.54, 1.807) is 6.07 Å². The molecule has 4 heteroatoms. The summed E-state index contributed by atoms with van der Waals surface area (Å²) in [4.78, 5) is 11.3. The van der Waals surface area contributed by atoms with Gasteiger partial charge in [-0.05, 0) is 37.2 Å². The van der Waals surface area contributed by atoms with E-state index in [0.29, 0.717) is 18.2 Å².